The minimum absolute atomic E-state index is 0.135. The molecule has 5 nitrogen and oxygen atoms in total. The highest BCUT2D eigenvalue weighted by molar-refractivity contribution is 7.15. The summed E-state index contributed by atoms with van der Waals surface area (Å²) in [4.78, 5) is 17.3. The minimum atomic E-state index is -0.456. The molecule has 0 bridgehead atoms. The summed E-state index contributed by atoms with van der Waals surface area (Å²) in [5.41, 5.74) is 1.09. The Morgan fingerprint density at radius 1 is 1.28 bits per heavy atom. The third kappa shape index (κ3) is 4.13. The van der Waals surface area contributed by atoms with E-state index in [1.165, 1.54) is 42.7 Å². The number of phenols is 1. The molecule has 0 spiro atoms. The maximum absolute atomic E-state index is 12.9. The Labute approximate surface area is 147 Å². The Bertz CT molecular complexity index is 894. The quantitative estimate of drug-likeness (QED) is 0.727. The van der Waals surface area contributed by atoms with E-state index in [0.717, 1.165) is 10.4 Å². The highest BCUT2D eigenvalue weighted by atomic mass is 32.1. The van der Waals surface area contributed by atoms with Crippen molar-refractivity contribution in [3.05, 3.63) is 70.5 Å². The molecule has 0 radical (unpaired) electrons. The molecule has 25 heavy (non-hydrogen) atoms. The number of benzene rings is 2. The van der Waals surface area contributed by atoms with Gasteiger partial charge >= 0.3 is 0 Å². The average Bonchev–Trinajstić information content (AvgIpc) is 3.03. The van der Waals surface area contributed by atoms with E-state index in [9.17, 15) is 14.3 Å². The molecule has 3 aromatic rings. The maximum atomic E-state index is 12.9. The number of ether oxygens (including phenoxy) is 1. The van der Waals surface area contributed by atoms with Gasteiger partial charge in [0.05, 0.1) is 12.7 Å². The summed E-state index contributed by atoms with van der Waals surface area (Å²) < 4.78 is 17.9. The largest absolute Gasteiger partial charge is 0.507 e. The van der Waals surface area contributed by atoms with Gasteiger partial charge in [0.25, 0.3) is 5.91 Å². The number of anilines is 1. The molecule has 0 aliphatic rings. The molecule has 1 heterocycles. The number of methoxy groups -OCH3 is 1. The van der Waals surface area contributed by atoms with Gasteiger partial charge in [-0.3, -0.25) is 10.1 Å². The van der Waals surface area contributed by atoms with Crippen molar-refractivity contribution in [2.24, 2.45) is 0 Å². The van der Waals surface area contributed by atoms with Crippen LogP contribution in [0.3, 0.4) is 0 Å². The number of carbonyl (C=O) groups is 1. The first-order valence-corrected chi connectivity index (χ1v) is 8.24. The Hall–Kier alpha value is -2.93. The second-order valence-corrected chi connectivity index (χ2v) is 6.39. The summed E-state index contributed by atoms with van der Waals surface area (Å²) in [6, 6.07) is 10.7. The van der Waals surface area contributed by atoms with Gasteiger partial charge in [-0.05, 0) is 29.8 Å². The molecule has 0 atom stereocenters. The number of hydrogen-bond acceptors (Lipinski definition) is 5. The number of rotatable bonds is 5. The van der Waals surface area contributed by atoms with Crippen molar-refractivity contribution in [2.75, 3.05) is 12.4 Å². The number of halogens is 1. The SMILES string of the molecule is COc1ccc(C(=O)Nc2ncc(Cc3ccc(F)cc3)s2)c(O)c1. The molecular formula is C18H15FN2O3S. The predicted octanol–water partition coefficient (Wildman–Crippen LogP) is 3.84. The van der Waals surface area contributed by atoms with Crippen LogP contribution in [0.25, 0.3) is 0 Å². The van der Waals surface area contributed by atoms with E-state index in [-0.39, 0.29) is 17.1 Å². The van der Waals surface area contributed by atoms with Crippen molar-refractivity contribution in [3.8, 4) is 11.5 Å². The molecule has 0 unspecified atom stereocenters. The van der Waals surface area contributed by atoms with E-state index < -0.39 is 5.91 Å². The highest BCUT2D eigenvalue weighted by Gasteiger charge is 2.14. The fraction of sp³-hybridized carbons (Fsp3) is 0.111. The standard InChI is InChI=1S/C18H15FN2O3S/c1-24-13-6-7-15(16(22)9-13)17(23)21-18-20-10-14(25-18)8-11-2-4-12(19)5-3-11/h2-7,9-10,22H,8H2,1H3,(H,20,21,23). The summed E-state index contributed by atoms with van der Waals surface area (Å²) in [7, 11) is 1.48. The number of nitrogens with one attached hydrogen (secondary N) is 1. The number of aromatic nitrogens is 1. The van der Waals surface area contributed by atoms with Crippen LogP contribution in [0.5, 0.6) is 11.5 Å². The van der Waals surface area contributed by atoms with Crippen molar-refractivity contribution in [1.82, 2.24) is 4.98 Å². The molecular weight excluding hydrogens is 343 g/mol. The number of aromatic hydroxyl groups is 1. The fourth-order valence-corrected chi connectivity index (χ4v) is 3.09. The molecule has 2 N–H and O–H groups in total. The fourth-order valence-electron chi connectivity index (χ4n) is 2.25. The van der Waals surface area contributed by atoms with Gasteiger partial charge in [0.1, 0.15) is 17.3 Å². The second-order valence-electron chi connectivity index (χ2n) is 5.27. The molecule has 7 heteroatoms. The van der Waals surface area contributed by atoms with Crippen LogP contribution in [0.1, 0.15) is 20.8 Å². The number of carbonyl (C=O) groups excluding carboxylic acids is 1. The summed E-state index contributed by atoms with van der Waals surface area (Å²) >= 11 is 1.33. The zero-order valence-corrected chi connectivity index (χ0v) is 14.1. The Kier molecular flexibility index (Phi) is 4.95. The van der Waals surface area contributed by atoms with E-state index in [0.29, 0.717) is 17.3 Å². The van der Waals surface area contributed by atoms with Gasteiger partial charge in [0.15, 0.2) is 5.13 Å². The summed E-state index contributed by atoms with van der Waals surface area (Å²) in [5, 5.41) is 13.0. The van der Waals surface area contributed by atoms with Gasteiger partial charge in [-0.15, -0.1) is 11.3 Å². The molecule has 0 saturated carbocycles. The van der Waals surface area contributed by atoms with Crippen molar-refractivity contribution in [3.63, 3.8) is 0 Å². The van der Waals surface area contributed by atoms with Gasteiger partial charge in [0, 0.05) is 23.6 Å². The lowest BCUT2D eigenvalue weighted by Crippen LogP contribution is -2.11. The third-order valence-corrected chi connectivity index (χ3v) is 4.43. The van der Waals surface area contributed by atoms with E-state index in [2.05, 4.69) is 10.3 Å². The number of thiazole rings is 1. The van der Waals surface area contributed by atoms with Crippen molar-refractivity contribution in [2.45, 2.75) is 6.42 Å². The monoisotopic (exact) mass is 358 g/mol. The topological polar surface area (TPSA) is 71.5 Å². The van der Waals surface area contributed by atoms with Crippen LogP contribution >= 0.6 is 11.3 Å². The highest BCUT2D eigenvalue weighted by Crippen LogP contribution is 2.26. The van der Waals surface area contributed by atoms with E-state index in [1.807, 2.05) is 0 Å². The number of amides is 1. The normalized spacial score (nSPS) is 10.5. The Morgan fingerprint density at radius 2 is 2.04 bits per heavy atom. The van der Waals surface area contributed by atoms with E-state index >= 15 is 0 Å². The van der Waals surface area contributed by atoms with Gasteiger partial charge in [-0.2, -0.15) is 0 Å². The lowest BCUT2D eigenvalue weighted by Gasteiger charge is -2.06. The molecule has 0 aliphatic carbocycles. The van der Waals surface area contributed by atoms with Crippen LogP contribution in [-0.2, 0) is 6.42 Å². The first kappa shape index (κ1) is 16.9. The Morgan fingerprint density at radius 3 is 2.72 bits per heavy atom. The van der Waals surface area contributed by atoms with E-state index in [4.69, 9.17) is 4.74 Å². The molecule has 0 fully saturated rings. The molecule has 3 rings (SSSR count). The third-order valence-electron chi connectivity index (χ3n) is 3.52. The van der Waals surface area contributed by atoms with Crippen LogP contribution in [0.4, 0.5) is 9.52 Å². The molecule has 2 aromatic carbocycles. The van der Waals surface area contributed by atoms with Crippen molar-refractivity contribution < 1.29 is 19.0 Å². The van der Waals surface area contributed by atoms with Gasteiger partial charge in [-0.1, -0.05) is 12.1 Å². The first-order valence-electron chi connectivity index (χ1n) is 7.42. The summed E-state index contributed by atoms with van der Waals surface area (Å²) in [6.45, 7) is 0. The Balaban J connectivity index is 1.68. The van der Waals surface area contributed by atoms with Crippen LogP contribution in [0, 0.1) is 5.82 Å². The molecule has 1 aromatic heterocycles. The first-order chi connectivity index (χ1) is 12.0. The zero-order valence-electron chi connectivity index (χ0n) is 13.3. The number of phenolic OH excluding ortho intramolecular Hbond substituents is 1. The minimum Gasteiger partial charge on any atom is -0.507 e. The van der Waals surface area contributed by atoms with Crippen LogP contribution in [0.2, 0.25) is 0 Å². The predicted molar refractivity (Wildman–Crippen MR) is 93.9 cm³/mol. The number of hydrogen-bond donors (Lipinski definition) is 2. The van der Waals surface area contributed by atoms with Crippen LogP contribution < -0.4 is 10.1 Å². The average molecular weight is 358 g/mol. The molecule has 0 aliphatic heterocycles. The molecule has 128 valence electrons. The lowest BCUT2D eigenvalue weighted by atomic mass is 10.1. The lowest BCUT2D eigenvalue weighted by molar-refractivity contribution is 0.102. The van der Waals surface area contributed by atoms with Crippen molar-refractivity contribution in [1.29, 1.82) is 0 Å². The molecule has 0 saturated heterocycles. The maximum Gasteiger partial charge on any atom is 0.261 e. The van der Waals surface area contributed by atoms with Gasteiger partial charge in [-0.25, -0.2) is 9.37 Å². The van der Waals surface area contributed by atoms with Crippen LogP contribution in [0.15, 0.2) is 48.7 Å². The van der Waals surface area contributed by atoms with Gasteiger partial charge in [0.2, 0.25) is 0 Å². The second kappa shape index (κ2) is 7.31. The summed E-state index contributed by atoms with van der Waals surface area (Å²) in [5.74, 6) is -0.437. The zero-order chi connectivity index (χ0) is 17.8. The smallest absolute Gasteiger partial charge is 0.261 e. The van der Waals surface area contributed by atoms with E-state index in [1.54, 1.807) is 24.4 Å². The van der Waals surface area contributed by atoms with Crippen LogP contribution in [-0.4, -0.2) is 23.1 Å². The van der Waals surface area contributed by atoms with Gasteiger partial charge < -0.3 is 9.84 Å². The summed E-state index contributed by atoms with van der Waals surface area (Å²) in [6.07, 6.45) is 2.26. The van der Waals surface area contributed by atoms with Crippen molar-refractivity contribution >= 4 is 22.4 Å². The number of nitrogens with zero attached hydrogens (tertiary/aromatic N) is 1. The molecule has 1 amide bonds.